The van der Waals surface area contributed by atoms with E-state index in [2.05, 4.69) is 25.6 Å². The fourth-order valence-electron chi connectivity index (χ4n) is 1.89. The predicted octanol–water partition coefficient (Wildman–Crippen LogP) is 1.73. The molecule has 1 aliphatic rings. The molecule has 7 heteroatoms. The van der Waals surface area contributed by atoms with E-state index in [1.807, 2.05) is 18.5 Å². The standard InChI is InChI=1S/C11H16N6O/c1-3-17-9(12-6-13-17)7(2)14-11-16-15-10(18-11)8-4-5-8/h6-8H,3-5H2,1-2H3,(H,14,16). The monoisotopic (exact) mass is 248 g/mol. The summed E-state index contributed by atoms with van der Waals surface area (Å²) in [4.78, 5) is 4.24. The van der Waals surface area contributed by atoms with E-state index in [1.165, 1.54) is 0 Å². The number of anilines is 1. The van der Waals surface area contributed by atoms with Gasteiger partial charge in [-0.15, -0.1) is 5.10 Å². The van der Waals surface area contributed by atoms with Gasteiger partial charge >= 0.3 is 6.01 Å². The second kappa shape index (κ2) is 4.40. The summed E-state index contributed by atoms with van der Waals surface area (Å²) in [6.07, 6.45) is 3.86. The summed E-state index contributed by atoms with van der Waals surface area (Å²) in [6, 6.07) is 0.440. The molecule has 0 bridgehead atoms. The maximum Gasteiger partial charge on any atom is 0.316 e. The fraction of sp³-hybridized carbons (Fsp3) is 0.636. The second-order valence-corrected chi connectivity index (χ2v) is 4.52. The third-order valence-electron chi connectivity index (χ3n) is 3.04. The van der Waals surface area contributed by atoms with Crippen molar-refractivity contribution < 1.29 is 4.42 Å². The molecule has 1 aliphatic carbocycles. The van der Waals surface area contributed by atoms with Crippen molar-refractivity contribution in [2.45, 2.75) is 45.2 Å². The molecular weight excluding hydrogens is 232 g/mol. The first kappa shape index (κ1) is 11.2. The van der Waals surface area contributed by atoms with E-state index in [1.54, 1.807) is 6.33 Å². The molecule has 7 nitrogen and oxygen atoms in total. The van der Waals surface area contributed by atoms with Crippen LogP contribution in [0.5, 0.6) is 0 Å². The van der Waals surface area contributed by atoms with Crippen molar-refractivity contribution in [3.8, 4) is 0 Å². The summed E-state index contributed by atoms with van der Waals surface area (Å²) in [5.41, 5.74) is 0. The van der Waals surface area contributed by atoms with Gasteiger partial charge in [-0.25, -0.2) is 9.67 Å². The zero-order valence-electron chi connectivity index (χ0n) is 10.5. The summed E-state index contributed by atoms with van der Waals surface area (Å²) in [6.45, 7) is 4.82. The van der Waals surface area contributed by atoms with Crippen molar-refractivity contribution in [3.05, 3.63) is 18.0 Å². The van der Waals surface area contributed by atoms with Crippen molar-refractivity contribution in [2.24, 2.45) is 0 Å². The Balaban J connectivity index is 1.70. The number of rotatable bonds is 5. The Morgan fingerprint density at radius 1 is 1.50 bits per heavy atom. The van der Waals surface area contributed by atoms with Crippen LogP contribution in [0.3, 0.4) is 0 Å². The molecule has 3 rings (SSSR count). The molecule has 0 aliphatic heterocycles. The summed E-state index contributed by atoms with van der Waals surface area (Å²) in [5, 5.41) is 15.3. The van der Waals surface area contributed by atoms with Crippen molar-refractivity contribution in [2.75, 3.05) is 5.32 Å². The average Bonchev–Trinajstić information content (AvgIpc) is 2.93. The maximum absolute atomic E-state index is 5.56. The number of aromatic nitrogens is 5. The molecule has 0 amide bonds. The van der Waals surface area contributed by atoms with Crippen LogP contribution in [0.4, 0.5) is 6.01 Å². The molecule has 0 saturated heterocycles. The van der Waals surface area contributed by atoms with Gasteiger partial charge in [-0.2, -0.15) is 5.10 Å². The Labute approximate surface area is 105 Å². The summed E-state index contributed by atoms with van der Waals surface area (Å²) in [5.74, 6) is 2.08. The normalized spacial score (nSPS) is 16.8. The molecule has 18 heavy (non-hydrogen) atoms. The van der Waals surface area contributed by atoms with Crippen LogP contribution in [-0.2, 0) is 6.54 Å². The van der Waals surface area contributed by atoms with Gasteiger partial charge in [0.15, 0.2) is 0 Å². The molecular formula is C11H16N6O. The molecule has 0 aromatic carbocycles. The molecule has 96 valence electrons. The van der Waals surface area contributed by atoms with Gasteiger partial charge in [0.2, 0.25) is 5.89 Å². The number of hydrogen-bond acceptors (Lipinski definition) is 6. The highest BCUT2D eigenvalue weighted by molar-refractivity contribution is 5.22. The lowest BCUT2D eigenvalue weighted by atomic mass is 10.3. The van der Waals surface area contributed by atoms with E-state index in [-0.39, 0.29) is 6.04 Å². The van der Waals surface area contributed by atoms with E-state index >= 15 is 0 Å². The number of aryl methyl sites for hydroxylation is 1. The smallest absolute Gasteiger partial charge is 0.316 e. The fourth-order valence-corrected chi connectivity index (χ4v) is 1.89. The van der Waals surface area contributed by atoms with Crippen LogP contribution in [0.25, 0.3) is 0 Å². The Kier molecular flexibility index (Phi) is 2.73. The quantitative estimate of drug-likeness (QED) is 0.867. The molecule has 2 aromatic rings. The van der Waals surface area contributed by atoms with Gasteiger partial charge in [-0.1, -0.05) is 5.10 Å². The van der Waals surface area contributed by atoms with Gasteiger partial charge in [0, 0.05) is 12.5 Å². The Bertz CT molecular complexity index is 529. The van der Waals surface area contributed by atoms with Crippen LogP contribution in [0, 0.1) is 0 Å². The lowest BCUT2D eigenvalue weighted by Crippen LogP contribution is -2.14. The number of nitrogens with one attached hydrogen (secondary N) is 1. The summed E-state index contributed by atoms with van der Waals surface area (Å²) >= 11 is 0. The van der Waals surface area contributed by atoms with Crippen LogP contribution < -0.4 is 5.32 Å². The molecule has 0 spiro atoms. The maximum atomic E-state index is 5.56. The van der Waals surface area contributed by atoms with E-state index < -0.39 is 0 Å². The van der Waals surface area contributed by atoms with Gasteiger partial charge in [0.05, 0.1) is 6.04 Å². The SMILES string of the molecule is CCn1ncnc1C(C)Nc1nnc(C2CC2)o1. The highest BCUT2D eigenvalue weighted by Gasteiger charge is 2.29. The van der Waals surface area contributed by atoms with Crippen molar-refractivity contribution in [1.29, 1.82) is 0 Å². The third kappa shape index (κ3) is 2.07. The van der Waals surface area contributed by atoms with Crippen LogP contribution >= 0.6 is 0 Å². The van der Waals surface area contributed by atoms with Gasteiger partial charge in [0.1, 0.15) is 12.2 Å². The topological polar surface area (TPSA) is 81.7 Å². The Morgan fingerprint density at radius 2 is 2.33 bits per heavy atom. The molecule has 2 aromatic heterocycles. The predicted molar refractivity (Wildman–Crippen MR) is 64.0 cm³/mol. The highest BCUT2D eigenvalue weighted by Crippen LogP contribution is 2.39. The first-order chi connectivity index (χ1) is 8.78. The van der Waals surface area contributed by atoms with E-state index in [0.29, 0.717) is 11.9 Å². The molecule has 1 atom stereocenters. The number of hydrogen-bond donors (Lipinski definition) is 1. The largest absolute Gasteiger partial charge is 0.408 e. The lowest BCUT2D eigenvalue weighted by Gasteiger charge is -2.11. The van der Waals surface area contributed by atoms with Crippen molar-refractivity contribution >= 4 is 6.01 Å². The molecule has 1 unspecified atom stereocenters. The zero-order valence-corrected chi connectivity index (χ0v) is 10.5. The molecule has 2 heterocycles. The zero-order chi connectivity index (χ0) is 12.5. The van der Waals surface area contributed by atoms with E-state index in [4.69, 9.17) is 4.42 Å². The Morgan fingerprint density at radius 3 is 3.06 bits per heavy atom. The van der Waals surface area contributed by atoms with Gasteiger partial charge < -0.3 is 9.73 Å². The minimum atomic E-state index is -0.0139. The summed E-state index contributed by atoms with van der Waals surface area (Å²) < 4.78 is 7.40. The molecule has 1 N–H and O–H groups in total. The lowest BCUT2D eigenvalue weighted by molar-refractivity contribution is 0.498. The highest BCUT2D eigenvalue weighted by atomic mass is 16.4. The number of nitrogens with zero attached hydrogens (tertiary/aromatic N) is 5. The van der Waals surface area contributed by atoms with E-state index in [9.17, 15) is 0 Å². The first-order valence-electron chi connectivity index (χ1n) is 6.25. The van der Waals surface area contributed by atoms with Crippen LogP contribution in [0.2, 0.25) is 0 Å². The average molecular weight is 248 g/mol. The van der Waals surface area contributed by atoms with Crippen LogP contribution in [0.15, 0.2) is 10.7 Å². The third-order valence-corrected chi connectivity index (χ3v) is 3.04. The minimum Gasteiger partial charge on any atom is -0.408 e. The Hall–Kier alpha value is -1.92. The van der Waals surface area contributed by atoms with Crippen LogP contribution in [0.1, 0.15) is 50.4 Å². The van der Waals surface area contributed by atoms with Crippen LogP contribution in [-0.4, -0.2) is 25.0 Å². The minimum absolute atomic E-state index is 0.0139. The summed E-state index contributed by atoms with van der Waals surface area (Å²) in [7, 11) is 0. The van der Waals surface area contributed by atoms with Gasteiger partial charge in [-0.3, -0.25) is 0 Å². The molecule has 1 fully saturated rings. The van der Waals surface area contributed by atoms with E-state index in [0.717, 1.165) is 31.1 Å². The first-order valence-corrected chi connectivity index (χ1v) is 6.25. The second-order valence-electron chi connectivity index (χ2n) is 4.52. The molecule has 0 radical (unpaired) electrons. The van der Waals surface area contributed by atoms with Crippen molar-refractivity contribution in [1.82, 2.24) is 25.0 Å². The molecule has 1 saturated carbocycles. The van der Waals surface area contributed by atoms with Gasteiger partial charge in [0.25, 0.3) is 0 Å². The van der Waals surface area contributed by atoms with Gasteiger partial charge in [-0.05, 0) is 26.7 Å². The van der Waals surface area contributed by atoms with Crippen molar-refractivity contribution in [3.63, 3.8) is 0 Å².